The van der Waals surface area contributed by atoms with Crippen molar-refractivity contribution in [2.45, 2.75) is 6.42 Å². The monoisotopic (exact) mass is 286 g/mol. The van der Waals surface area contributed by atoms with Gasteiger partial charge in [-0.25, -0.2) is 4.39 Å². The zero-order valence-electron chi connectivity index (χ0n) is 11.5. The second-order valence-corrected chi connectivity index (χ2v) is 4.47. The van der Waals surface area contributed by atoms with Crippen LogP contribution in [0.2, 0.25) is 0 Å². The molecule has 0 aliphatic heterocycles. The van der Waals surface area contributed by atoms with Gasteiger partial charge in [0.2, 0.25) is 5.91 Å². The van der Waals surface area contributed by atoms with E-state index in [1.165, 1.54) is 6.07 Å². The average Bonchev–Trinajstić information content (AvgIpc) is 2.49. The quantitative estimate of drug-likeness (QED) is 0.906. The molecular formula is C16H15FN2O2. The summed E-state index contributed by atoms with van der Waals surface area (Å²) in [6, 6.07) is 12.6. The number of benzene rings is 2. The first-order valence-corrected chi connectivity index (χ1v) is 6.45. The highest BCUT2D eigenvalue weighted by molar-refractivity contribution is 5.96. The smallest absolute Gasteiger partial charge is 0.251 e. The number of rotatable bonds is 4. The first kappa shape index (κ1) is 14.7. The van der Waals surface area contributed by atoms with E-state index in [0.717, 1.165) is 0 Å². The molecule has 4 nitrogen and oxygen atoms in total. The molecule has 0 unspecified atom stereocenters. The maximum absolute atomic E-state index is 13.4. The van der Waals surface area contributed by atoms with Crippen LogP contribution in [-0.2, 0) is 11.2 Å². The van der Waals surface area contributed by atoms with Crippen molar-refractivity contribution in [2.75, 3.05) is 12.4 Å². The van der Waals surface area contributed by atoms with E-state index < -0.39 is 5.82 Å². The minimum atomic E-state index is -0.400. The summed E-state index contributed by atoms with van der Waals surface area (Å²) in [4.78, 5) is 23.2. The number of carbonyl (C=O) groups is 2. The number of hydrogen-bond donors (Lipinski definition) is 2. The SMILES string of the molecule is CNC(=O)c1ccc(NC(=O)Cc2ccccc2F)cc1. The minimum absolute atomic E-state index is 0.0378. The molecule has 0 saturated carbocycles. The summed E-state index contributed by atoms with van der Waals surface area (Å²) in [6.45, 7) is 0. The van der Waals surface area contributed by atoms with E-state index in [2.05, 4.69) is 10.6 Å². The average molecular weight is 286 g/mol. The summed E-state index contributed by atoms with van der Waals surface area (Å²) in [6.07, 6.45) is -0.0378. The Bertz CT molecular complexity index is 654. The summed E-state index contributed by atoms with van der Waals surface area (Å²) in [5.41, 5.74) is 1.41. The molecule has 108 valence electrons. The third-order valence-corrected chi connectivity index (χ3v) is 2.97. The van der Waals surface area contributed by atoms with Crippen LogP contribution in [0, 0.1) is 5.82 Å². The number of nitrogens with one attached hydrogen (secondary N) is 2. The predicted octanol–water partition coefficient (Wildman–Crippen LogP) is 2.37. The third kappa shape index (κ3) is 3.89. The first-order chi connectivity index (χ1) is 10.1. The lowest BCUT2D eigenvalue weighted by atomic mass is 10.1. The van der Waals surface area contributed by atoms with Gasteiger partial charge in [-0.2, -0.15) is 0 Å². The Morgan fingerprint density at radius 2 is 1.71 bits per heavy atom. The van der Waals surface area contributed by atoms with Gasteiger partial charge in [-0.15, -0.1) is 0 Å². The second kappa shape index (κ2) is 6.65. The lowest BCUT2D eigenvalue weighted by molar-refractivity contribution is -0.115. The van der Waals surface area contributed by atoms with E-state index in [9.17, 15) is 14.0 Å². The van der Waals surface area contributed by atoms with Crippen molar-refractivity contribution >= 4 is 17.5 Å². The van der Waals surface area contributed by atoms with Crippen LogP contribution in [0.4, 0.5) is 10.1 Å². The van der Waals surface area contributed by atoms with E-state index >= 15 is 0 Å². The highest BCUT2D eigenvalue weighted by Gasteiger charge is 2.08. The van der Waals surface area contributed by atoms with E-state index in [1.807, 2.05) is 0 Å². The van der Waals surface area contributed by atoms with Crippen molar-refractivity contribution < 1.29 is 14.0 Å². The zero-order chi connectivity index (χ0) is 15.2. The Morgan fingerprint density at radius 1 is 1.05 bits per heavy atom. The van der Waals surface area contributed by atoms with Crippen molar-refractivity contribution in [3.8, 4) is 0 Å². The molecule has 2 rings (SSSR count). The van der Waals surface area contributed by atoms with Gasteiger partial charge in [0.05, 0.1) is 6.42 Å². The van der Waals surface area contributed by atoms with Crippen molar-refractivity contribution in [3.63, 3.8) is 0 Å². The molecule has 0 aliphatic carbocycles. The van der Waals surface area contributed by atoms with E-state index in [4.69, 9.17) is 0 Å². The summed E-state index contributed by atoms with van der Waals surface area (Å²) in [7, 11) is 1.55. The van der Waals surface area contributed by atoms with Crippen molar-refractivity contribution in [1.82, 2.24) is 5.32 Å². The normalized spacial score (nSPS) is 10.0. The molecule has 0 radical (unpaired) electrons. The largest absolute Gasteiger partial charge is 0.355 e. The topological polar surface area (TPSA) is 58.2 Å². The molecule has 21 heavy (non-hydrogen) atoms. The molecule has 0 bridgehead atoms. The Labute approximate surface area is 122 Å². The summed E-state index contributed by atoms with van der Waals surface area (Å²) in [5.74, 6) is -0.908. The molecule has 0 heterocycles. The highest BCUT2D eigenvalue weighted by Crippen LogP contribution is 2.12. The minimum Gasteiger partial charge on any atom is -0.355 e. The number of anilines is 1. The second-order valence-electron chi connectivity index (χ2n) is 4.47. The van der Waals surface area contributed by atoms with Gasteiger partial charge in [0.1, 0.15) is 5.82 Å². The zero-order valence-corrected chi connectivity index (χ0v) is 11.5. The van der Waals surface area contributed by atoms with Gasteiger partial charge in [-0.3, -0.25) is 9.59 Å². The summed E-state index contributed by atoms with van der Waals surface area (Å²) < 4.78 is 13.4. The van der Waals surface area contributed by atoms with Crippen LogP contribution in [0.5, 0.6) is 0 Å². The first-order valence-electron chi connectivity index (χ1n) is 6.45. The van der Waals surface area contributed by atoms with Crippen LogP contribution < -0.4 is 10.6 Å². The third-order valence-electron chi connectivity index (χ3n) is 2.97. The number of hydrogen-bond acceptors (Lipinski definition) is 2. The maximum Gasteiger partial charge on any atom is 0.251 e. The fourth-order valence-electron chi connectivity index (χ4n) is 1.87. The van der Waals surface area contributed by atoms with Crippen LogP contribution in [0.15, 0.2) is 48.5 Å². The Morgan fingerprint density at radius 3 is 2.33 bits per heavy atom. The van der Waals surface area contributed by atoms with Gasteiger partial charge in [0.15, 0.2) is 0 Å². The highest BCUT2D eigenvalue weighted by atomic mass is 19.1. The van der Waals surface area contributed by atoms with E-state index in [0.29, 0.717) is 16.8 Å². The van der Waals surface area contributed by atoms with Crippen molar-refractivity contribution in [3.05, 3.63) is 65.5 Å². The lowest BCUT2D eigenvalue weighted by Gasteiger charge is -2.07. The van der Waals surface area contributed by atoms with E-state index in [1.54, 1.807) is 49.5 Å². The van der Waals surface area contributed by atoms with Crippen LogP contribution in [-0.4, -0.2) is 18.9 Å². The number of amides is 2. The van der Waals surface area contributed by atoms with Crippen LogP contribution in [0.3, 0.4) is 0 Å². The van der Waals surface area contributed by atoms with Gasteiger partial charge in [0, 0.05) is 18.3 Å². The molecule has 0 spiro atoms. The molecule has 0 aromatic heterocycles. The Kier molecular flexibility index (Phi) is 4.66. The van der Waals surface area contributed by atoms with Gasteiger partial charge in [-0.05, 0) is 35.9 Å². The fourth-order valence-corrected chi connectivity index (χ4v) is 1.87. The van der Waals surface area contributed by atoms with Crippen molar-refractivity contribution in [1.29, 1.82) is 0 Å². The molecule has 2 aromatic rings. The molecule has 0 fully saturated rings. The standard InChI is InChI=1S/C16H15FN2O2/c1-18-16(21)11-6-8-13(9-7-11)19-15(20)10-12-4-2-3-5-14(12)17/h2-9H,10H2,1H3,(H,18,21)(H,19,20). The number of halogens is 1. The van der Waals surface area contributed by atoms with Gasteiger partial charge in [-0.1, -0.05) is 18.2 Å². The van der Waals surface area contributed by atoms with Gasteiger partial charge < -0.3 is 10.6 Å². The lowest BCUT2D eigenvalue weighted by Crippen LogP contribution is -2.18. The molecule has 2 aromatic carbocycles. The molecule has 2 N–H and O–H groups in total. The van der Waals surface area contributed by atoms with Crippen LogP contribution >= 0.6 is 0 Å². The Balaban J connectivity index is 2.00. The molecule has 5 heteroatoms. The van der Waals surface area contributed by atoms with E-state index in [-0.39, 0.29) is 18.2 Å². The molecule has 0 atom stereocenters. The summed E-state index contributed by atoms with van der Waals surface area (Å²) >= 11 is 0. The predicted molar refractivity (Wildman–Crippen MR) is 78.6 cm³/mol. The molecule has 0 saturated heterocycles. The molecule has 2 amide bonds. The van der Waals surface area contributed by atoms with Gasteiger partial charge in [0.25, 0.3) is 5.91 Å². The van der Waals surface area contributed by atoms with Gasteiger partial charge >= 0.3 is 0 Å². The molecular weight excluding hydrogens is 271 g/mol. The van der Waals surface area contributed by atoms with Crippen molar-refractivity contribution in [2.24, 2.45) is 0 Å². The van der Waals surface area contributed by atoms with Crippen LogP contribution in [0.25, 0.3) is 0 Å². The Hall–Kier alpha value is -2.69. The fraction of sp³-hybridized carbons (Fsp3) is 0.125. The summed E-state index contributed by atoms with van der Waals surface area (Å²) in [5, 5.41) is 5.18. The number of carbonyl (C=O) groups excluding carboxylic acids is 2. The van der Waals surface area contributed by atoms with Crippen LogP contribution in [0.1, 0.15) is 15.9 Å². The maximum atomic E-state index is 13.4. The molecule has 0 aliphatic rings.